The number of fused-ring (bicyclic) bond motifs is 1. The Morgan fingerprint density at radius 1 is 0.938 bits per heavy atom. The van der Waals surface area contributed by atoms with Crippen LogP contribution in [0.2, 0.25) is 0 Å². The van der Waals surface area contributed by atoms with E-state index in [1.54, 1.807) is 24.3 Å². The lowest BCUT2D eigenvalue weighted by Gasteiger charge is -2.30. The lowest BCUT2D eigenvalue weighted by Crippen LogP contribution is -2.40. The summed E-state index contributed by atoms with van der Waals surface area (Å²) in [4.78, 5) is 29.1. The van der Waals surface area contributed by atoms with Gasteiger partial charge in [0.1, 0.15) is 5.82 Å². The first-order valence-corrected chi connectivity index (χ1v) is 10.7. The number of carbonyl (C=O) groups is 2. The van der Waals surface area contributed by atoms with Crippen LogP contribution in [0.15, 0.2) is 54.6 Å². The minimum Gasteiger partial charge on any atom is -0.465 e. The van der Waals surface area contributed by atoms with Gasteiger partial charge in [0, 0.05) is 23.0 Å². The van der Waals surface area contributed by atoms with Gasteiger partial charge in [0.2, 0.25) is 0 Å². The van der Waals surface area contributed by atoms with Crippen molar-refractivity contribution in [3.05, 3.63) is 71.3 Å². The van der Waals surface area contributed by atoms with E-state index in [1.807, 2.05) is 18.2 Å². The third-order valence-corrected chi connectivity index (χ3v) is 5.88. The van der Waals surface area contributed by atoms with E-state index in [9.17, 15) is 9.59 Å². The van der Waals surface area contributed by atoms with Crippen LogP contribution in [0.4, 0.5) is 5.82 Å². The van der Waals surface area contributed by atoms with Crippen molar-refractivity contribution in [3.63, 3.8) is 0 Å². The molecule has 1 heterocycles. The van der Waals surface area contributed by atoms with Crippen molar-refractivity contribution in [1.29, 1.82) is 0 Å². The number of aryl methyl sites for hydroxylation is 1. The van der Waals surface area contributed by atoms with Crippen LogP contribution in [0, 0.1) is 6.92 Å². The molecule has 0 saturated heterocycles. The molecule has 0 atom stereocenters. The molecule has 0 aliphatic heterocycles. The van der Waals surface area contributed by atoms with Crippen LogP contribution in [0.1, 0.15) is 52.0 Å². The topological polar surface area (TPSA) is 80.3 Å². The molecule has 1 aliphatic carbocycles. The summed E-state index contributed by atoms with van der Waals surface area (Å²) in [5.74, 6) is 0.302. The van der Waals surface area contributed by atoms with Gasteiger partial charge in [0.25, 0.3) is 5.91 Å². The SMILES string of the molecule is COC(=O)c1cccc(C(=O)NC2CCC(Nc3cc(C)c4ccccc4n3)CC2)c1.Cl. The fourth-order valence-corrected chi connectivity index (χ4v) is 4.19. The fourth-order valence-electron chi connectivity index (χ4n) is 4.19. The number of hydrogen-bond donors (Lipinski definition) is 2. The van der Waals surface area contributed by atoms with Crippen LogP contribution < -0.4 is 10.6 Å². The summed E-state index contributed by atoms with van der Waals surface area (Å²) in [6.45, 7) is 2.11. The second kappa shape index (κ2) is 10.5. The maximum atomic E-state index is 12.6. The third kappa shape index (κ3) is 5.37. The first-order chi connectivity index (χ1) is 15.0. The molecule has 2 N–H and O–H groups in total. The highest BCUT2D eigenvalue weighted by molar-refractivity contribution is 5.98. The van der Waals surface area contributed by atoms with Crippen molar-refractivity contribution in [1.82, 2.24) is 10.3 Å². The number of aromatic nitrogens is 1. The maximum absolute atomic E-state index is 12.6. The Kier molecular flexibility index (Phi) is 7.70. The molecule has 1 aliphatic rings. The molecule has 6 nitrogen and oxygen atoms in total. The number of benzene rings is 2. The van der Waals surface area contributed by atoms with Crippen molar-refractivity contribution in [2.75, 3.05) is 12.4 Å². The van der Waals surface area contributed by atoms with E-state index in [-0.39, 0.29) is 24.4 Å². The Balaban J connectivity index is 0.00000289. The molecule has 0 spiro atoms. The van der Waals surface area contributed by atoms with E-state index in [4.69, 9.17) is 9.72 Å². The molecule has 1 aromatic heterocycles. The van der Waals surface area contributed by atoms with Crippen molar-refractivity contribution in [3.8, 4) is 0 Å². The first-order valence-electron chi connectivity index (χ1n) is 10.7. The van der Waals surface area contributed by atoms with E-state index in [0.717, 1.165) is 37.0 Å². The number of halogens is 1. The zero-order chi connectivity index (χ0) is 21.8. The highest BCUT2D eigenvalue weighted by Crippen LogP contribution is 2.25. The number of para-hydroxylation sites is 1. The number of anilines is 1. The standard InChI is InChI=1S/C25H27N3O3.ClH/c1-16-14-23(28-22-9-4-3-8-21(16)22)26-19-10-12-20(13-11-19)27-24(29)17-6-5-7-18(15-17)25(30)31-2;/h3-9,14-15,19-20H,10-13H2,1-2H3,(H,26,28)(H,27,29);1H. The summed E-state index contributed by atoms with van der Waals surface area (Å²) in [6.07, 6.45) is 3.71. The number of methoxy groups -OCH3 is 1. The predicted molar refractivity (Wildman–Crippen MR) is 129 cm³/mol. The number of rotatable bonds is 5. The second-order valence-corrected chi connectivity index (χ2v) is 8.08. The lowest BCUT2D eigenvalue weighted by atomic mass is 9.91. The highest BCUT2D eigenvalue weighted by Gasteiger charge is 2.23. The van der Waals surface area contributed by atoms with Crippen LogP contribution in [0.5, 0.6) is 0 Å². The Labute approximate surface area is 194 Å². The number of nitrogens with zero attached hydrogens (tertiary/aromatic N) is 1. The van der Waals surface area contributed by atoms with Crippen LogP contribution in [0.3, 0.4) is 0 Å². The molecular formula is C25H28ClN3O3. The lowest BCUT2D eigenvalue weighted by molar-refractivity contribution is 0.0600. The van der Waals surface area contributed by atoms with Crippen molar-refractivity contribution in [2.45, 2.75) is 44.7 Å². The van der Waals surface area contributed by atoms with Gasteiger partial charge in [-0.3, -0.25) is 4.79 Å². The average Bonchev–Trinajstić information content (AvgIpc) is 2.80. The van der Waals surface area contributed by atoms with Gasteiger partial charge in [-0.25, -0.2) is 9.78 Å². The summed E-state index contributed by atoms with van der Waals surface area (Å²) in [6, 6.07) is 17.4. The molecule has 0 radical (unpaired) electrons. The number of hydrogen-bond acceptors (Lipinski definition) is 5. The Morgan fingerprint density at radius 3 is 2.38 bits per heavy atom. The van der Waals surface area contributed by atoms with E-state index in [1.165, 1.54) is 18.1 Å². The summed E-state index contributed by atoms with van der Waals surface area (Å²) in [5, 5.41) is 7.85. The maximum Gasteiger partial charge on any atom is 0.337 e. The Morgan fingerprint density at radius 2 is 1.62 bits per heavy atom. The third-order valence-electron chi connectivity index (χ3n) is 5.88. The average molecular weight is 454 g/mol. The smallest absolute Gasteiger partial charge is 0.337 e. The molecular weight excluding hydrogens is 426 g/mol. The summed E-state index contributed by atoms with van der Waals surface area (Å²) < 4.78 is 4.73. The quantitative estimate of drug-likeness (QED) is 0.537. The minimum atomic E-state index is -0.446. The predicted octanol–water partition coefficient (Wildman–Crippen LogP) is 4.90. The highest BCUT2D eigenvalue weighted by atomic mass is 35.5. The molecule has 1 saturated carbocycles. The van der Waals surface area contributed by atoms with Gasteiger partial charge in [-0.1, -0.05) is 24.3 Å². The van der Waals surface area contributed by atoms with Gasteiger partial charge in [0.15, 0.2) is 0 Å². The number of nitrogens with one attached hydrogen (secondary N) is 2. The fraction of sp³-hybridized carbons (Fsp3) is 0.320. The molecule has 2 aromatic carbocycles. The van der Waals surface area contributed by atoms with Gasteiger partial charge >= 0.3 is 5.97 Å². The second-order valence-electron chi connectivity index (χ2n) is 8.08. The van der Waals surface area contributed by atoms with E-state index in [0.29, 0.717) is 17.2 Å². The van der Waals surface area contributed by atoms with Crippen molar-refractivity contribution in [2.24, 2.45) is 0 Å². The molecule has 3 aromatic rings. The van der Waals surface area contributed by atoms with Crippen molar-refractivity contribution >= 4 is 41.0 Å². The zero-order valence-electron chi connectivity index (χ0n) is 18.3. The Bertz CT molecular complexity index is 1110. The largest absolute Gasteiger partial charge is 0.465 e. The first kappa shape index (κ1) is 23.5. The number of ether oxygens (including phenoxy) is 1. The van der Waals surface area contributed by atoms with E-state index in [2.05, 4.69) is 29.7 Å². The number of esters is 1. The zero-order valence-corrected chi connectivity index (χ0v) is 19.1. The van der Waals surface area contributed by atoms with Crippen LogP contribution in [-0.4, -0.2) is 36.1 Å². The van der Waals surface area contributed by atoms with Gasteiger partial charge in [-0.05, 0) is 68.5 Å². The number of carbonyl (C=O) groups excluding carboxylic acids is 2. The van der Waals surface area contributed by atoms with Crippen LogP contribution in [-0.2, 0) is 4.74 Å². The van der Waals surface area contributed by atoms with E-state index < -0.39 is 5.97 Å². The summed E-state index contributed by atoms with van der Waals surface area (Å²) in [7, 11) is 1.33. The summed E-state index contributed by atoms with van der Waals surface area (Å²) in [5.41, 5.74) is 3.06. The van der Waals surface area contributed by atoms with Crippen LogP contribution in [0.25, 0.3) is 10.9 Å². The molecule has 0 bridgehead atoms. The Hall–Kier alpha value is -3.12. The molecule has 32 heavy (non-hydrogen) atoms. The monoisotopic (exact) mass is 453 g/mol. The minimum absolute atomic E-state index is 0. The van der Waals surface area contributed by atoms with Gasteiger partial charge in [-0.2, -0.15) is 0 Å². The molecule has 1 amide bonds. The molecule has 4 rings (SSSR count). The molecule has 7 heteroatoms. The summed E-state index contributed by atoms with van der Waals surface area (Å²) >= 11 is 0. The van der Waals surface area contributed by atoms with Gasteiger partial charge in [0.05, 0.1) is 18.2 Å². The van der Waals surface area contributed by atoms with Gasteiger partial charge in [-0.15, -0.1) is 12.4 Å². The van der Waals surface area contributed by atoms with Crippen LogP contribution >= 0.6 is 12.4 Å². The van der Waals surface area contributed by atoms with E-state index >= 15 is 0 Å². The number of amides is 1. The molecule has 1 fully saturated rings. The van der Waals surface area contributed by atoms with Gasteiger partial charge < -0.3 is 15.4 Å². The normalized spacial score (nSPS) is 17.8. The number of pyridine rings is 1. The molecule has 168 valence electrons. The molecule has 0 unspecified atom stereocenters. The van der Waals surface area contributed by atoms with Crippen molar-refractivity contribution < 1.29 is 14.3 Å².